The van der Waals surface area contributed by atoms with E-state index in [-0.39, 0.29) is 6.61 Å². The smallest absolute Gasteiger partial charge is 0.320 e. The first-order chi connectivity index (χ1) is 10.1. The van der Waals surface area contributed by atoms with E-state index in [2.05, 4.69) is 0 Å². The van der Waals surface area contributed by atoms with Gasteiger partial charge in [0.15, 0.2) is 0 Å². The van der Waals surface area contributed by atoms with Crippen LogP contribution in [-0.2, 0) is 19.0 Å². The predicted molar refractivity (Wildman–Crippen MR) is 81.7 cm³/mol. The van der Waals surface area contributed by atoms with Crippen molar-refractivity contribution in [1.29, 1.82) is 0 Å². The van der Waals surface area contributed by atoms with Gasteiger partial charge in [-0.3, -0.25) is 4.79 Å². The molecule has 0 aliphatic heterocycles. The van der Waals surface area contributed by atoms with E-state index in [1.807, 2.05) is 6.92 Å². The fourth-order valence-corrected chi connectivity index (χ4v) is 2.26. The largest absolute Gasteiger partial charge is 0.480 e. The maximum atomic E-state index is 10.5. The summed E-state index contributed by atoms with van der Waals surface area (Å²) in [6.07, 6.45) is -0.180. The van der Waals surface area contributed by atoms with Crippen molar-refractivity contribution in [2.45, 2.75) is 25.5 Å². The summed E-state index contributed by atoms with van der Waals surface area (Å²) in [4.78, 5) is 10.5. The lowest BCUT2D eigenvalue weighted by molar-refractivity contribution is -0.138. The van der Waals surface area contributed by atoms with E-state index < -0.39 is 18.1 Å². The lowest BCUT2D eigenvalue weighted by Gasteiger charge is -2.12. The molecule has 0 spiro atoms. The van der Waals surface area contributed by atoms with E-state index in [0.717, 1.165) is 0 Å². The summed E-state index contributed by atoms with van der Waals surface area (Å²) in [5.74, 6) is 0.103. The van der Waals surface area contributed by atoms with Gasteiger partial charge in [0.2, 0.25) is 0 Å². The van der Waals surface area contributed by atoms with E-state index in [4.69, 9.17) is 25.1 Å². The van der Waals surface area contributed by atoms with Crippen molar-refractivity contribution in [2.75, 3.05) is 51.1 Å². The number of ether oxygens (including phenoxy) is 3. The Hall–Kier alpha value is -0.380. The van der Waals surface area contributed by atoms with Gasteiger partial charge in [0.25, 0.3) is 0 Å². The van der Waals surface area contributed by atoms with Crippen molar-refractivity contribution in [3.63, 3.8) is 0 Å². The highest BCUT2D eigenvalue weighted by atomic mass is 32.2. The Morgan fingerprint density at radius 2 is 1.81 bits per heavy atom. The van der Waals surface area contributed by atoms with Crippen LogP contribution in [0.4, 0.5) is 0 Å². The number of aliphatic hydroxyl groups is 1. The second-order valence-electron chi connectivity index (χ2n) is 4.35. The fraction of sp³-hybridized carbons (Fsp3) is 0.923. The van der Waals surface area contributed by atoms with Crippen molar-refractivity contribution in [2.24, 2.45) is 5.73 Å². The van der Waals surface area contributed by atoms with Crippen molar-refractivity contribution in [3.05, 3.63) is 0 Å². The van der Waals surface area contributed by atoms with Crippen LogP contribution in [0, 0.1) is 0 Å². The average molecular weight is 325 g/mol. The fourth-order valence-electron chi connectivity index (χ4n) is 1.30. The lowest BCUT2D eigenvalue weighted by atomic mass is 10.2. The molecule has 21 heavy (non-hydrogen) atoms. The maximum absolute atomic E-state index is 10.5. The summed E-state index contributed by atoms with van der Waals surface area (Å²) in [6.45, 7) is 4.87. The molecule has 4 N–H and O–H groups in total. The SMILES string of the molecule is CCOCCOCCOCC(O)CSCC[C@H](N)C(=O)O. The number of aliphatic hydroxyl groups excluding tert-OH is 1. The summed E-state index contributed by atoms with van der Waals surface area (Å²) in [7, 11) is 0. The molecule has 0 amide bonds. The van der Waals surface area contributed by atoms with Crippen LogP contribution >= 0.6 is 11.8 Å². The zero-order chi connectivity index (χ0) is 15.9. The number of hydrogen-bond acceptors (Lipinski definition) is 7. The van der Waals surface area contributed by atoms with Gasteiger partial charge in [0, 0.05) is 12.4 Å². The van der Waals surface area contributed by atoms with Crippen molar-refractivity contribution < 1.29 is 29.2 Å². The molecule has 0 aromatic heterocycles. The van der Waals surface area contributed by atoms with Gasteiger partial charge in [-0.15, -0.1) is 0 Å². The Morgan fingerprint density at radius 1 is 1.19 bits per heavy atom. The quantitative estimate of drug-likeness (QED) is 0.359. The van der Waals surface area contributed by atoms with Gasteiger partial charge < -0.3 is 30.2 Å². The van der Waals surface area contributed by atoms with E-state index in [1.54, 1.807) is 0 Å². The third kappa shape index (κ3) is 14.3. The number of aliphatic carboxylic acids is 1. The van der Waals surface area contributed by atoms with Crippen LogP contribution in [0.1, 0.15) is 13.3 Å². The maximum Gasteiger partial charge on any atom is 0.320 e. The second kappa shape index (κ2) is 14.6. The topological polar surface area (TPSA) is 111 Å². The molecule has 0 saturated heterocycles. The van der Waals surface area contributed by atoms with Crippen molar-refractivity contribution in [3.8, 4) is 0 Å². The van der Waals surface area contributed by atoms with Crippen LogP contribution in [0.15, 0.2) is 0 Å². The van der Waals surface area contributed by atoms with Crippen LogP contribution < -0.4 is 5.73 Å². The zero-order valence-electron chi connectivity index (χ0n) is 12.5. The summed E-state index contributed by atoms with van der Waals surface area (Å²) >= 11 is 1.46. The van der Waals surface area contributed by atoms with Gasteiger partial charge >= 0.3 is 5.97 Å². The van der Waals surface area contributed by atoms with Crippen molar-refractivity contribution in [1.82, 2.24) is 0 Å². The standard InChI is InChI=1S/C13H27NO6S/c1-2-18-4-5-19-6-7-20-9-11(15)10-21-8-3-12(14)13(16)17/h11-12,15H,2-10,14H2,1H3,(H,16,17)/t11?,12-/m0/s1. The molecule has 0 radical (unpaired) electrons. The minimum atomic E-state index is -0.996. The number of nitrogens with two attached hydrogens (primary N) is 1. The van der Waals surface area contributed by atoms with Gasteiger partial charge in [-0.05, 0) is 19.1 Å². The first-order valence-electron chi connectivity index (χ1n) is 7.05. The first kappa shape index (κ1) is 20.6. The van der Waals surface area contributed by atoms with Crippen LogP contribution in [0.5, 0.6) is 0 Å². The third-order valence-electron chi connectivity index (χ3n) is 2.46. The molecular formula is C13H27NO6S. The number of hydrogen-bond donors (Lipinski definition) is 3. The molecule has 0 heterocycles. The summed E-state index contributed by atoms with van der Waals surface area (Å²) < 4.78 is 15.6. The Kier molecular flexibility index (Phi) is 14.3. The number of rotatable bonds is 15. The number of carboxylic acid groups (broad SMARTS) is 1. The normalized spacial score (nSPS) is 14.0. The van der Waals surface area contributed by atoms with Gasteiger partial charge in [0.05, 0.1) is 39.1 Å². The zero-order valence-corrected chi connectivity index (χ0v) is 13.3. The Labute approximate surface area is 130 Å². The van der Waals surface area contributed by atoms with Gasteiger partial charge in [-0.25, -0.2) is 0 Å². The molecule has 2 atom stereocenters. The van der Waals surface area contributed by atoms with Crippen LogP contribution in [0.3, 0.4) is 0 Å². The highest BCUT2D eigenvalue weighted by Gasteiger charge is 2.11. The Balaban J connectivity index is 3.27. The highest BCUT2D eigenvalue weighted by Crippen LogP contribution is 2.06. The van der Waals surface area contributed by atoms with Crippen LogP contribution in [0.2, 0.25) is 0 Å². The summed E-state index contributed by atoms with van der Waals surface area (Å²) in [5.41, 5.74) is 5.37. The Bertz CT molecular complexity index is 257. The van der Waals surface area contributed by atoms with E-state index in [0.29, 0.717) is 51.0 Å². The molecule has 8 heteroatoms. The van der Waals surface area contributed by atoms with Crippen LogP contribution in [0.25, 0.3) is 0 Å². The molecular weight excluding hydrogens is 298 g/mol. The number of thioether (sulfide) groups is 1. The number of carbonyl (C=O) groups is 1. The summed E-state index contributed by atoms with van der Waals surface area (Å²) in [5, 5.41) is 18.2. The predicted octanol–water partition coefficient (Wildman–Crippen LogP) is -0.0478. The van der Waals surface area contributed by atoms with Gasteiger partial charge in [-0.2, -0.15) is 11.8 Å². The second-order valence-corrected chi connectivity index (χ2v) is 5.50. The van der Waals surface area contributed by atoms with E-state index in [1.165, 1.54) is 11.8 Å². The molecule has 0 rings (SSSR count). The minimum absolute atomic E-state index is 0.243. The average Bonchev–Trinajstić information content (AvgIpc) is 2.46. The molecule has 0 fully saturated rings. The molecule has 1 unspecified atom stereocenters. The molecule has 7 nitrogen and oxygen atoms in total. The third-order valence-corrected chi connectivity index (χ3v) is 3.60. The van der Waals surface area contributed by atoms with Crippen molar-refractivity contribution >= 4 is 17.7 Å². The molecule has 0 saturated carbocycles. The minimum Gasteiger partial charge on any atom is -0.480 e. The van der Waals surface area contributed by atoms with Crippen LogP contribution in [-0.4, -0.2) is 79.5 Å². The molecule has 0 aliphatic carbocycles. The van der Waals surface area contributed by atoms with E-state index >= 15 is 0 Å². The number of carboxylic acids is 1. The molecule has 0 bridgehead atoms. The van der Waals surface area contributed by atoms with Gasteiger partial charge in [-0.1, -0.05) is 0 Å². The molecule has 0 aliphatic rings. The molecule has 0 aromatic rings. The summed E-state index contributed by atoms with van der Waals surface area (Å²) in [6, 6.07) is -0.834. The van der Waals surface area contributed by atoms with E-state index in [9.17, 15) is 9.90 Å². The van der Waals surface area contributed by atoms with Gasteiger partial charge in [0.1, 0.15) is 6.04 Å². The monoisotopic (exact) mass is 325 g/mol. The lowest BCUT2D eigenvalue weighted by Crippen LogP contribution is -2.30. The highest BCUT2D eigenvalue weighted by molar-refractivity contribution is 7.99. The molecule has 126 valence electrons. The first-order valence-corrected chi connectivity index (χ1v) is 8.20. The molecule has 0 aromatic carbocycles. The Morgan fingerprint density at radius 3 is 2.43 bits per heavy atom.